The van der Waals surface area contributed by atoms with Crippen LogP contribution in [0.3, 0.4) is 0 Å². The number of nitrogens with zero attached hydrogens (tertiary/aromatic N) is 1. The molecule has 19 heavy (non-hydrogen) atoms. The van der Waals surface area contributed by atoms with Crippen molar-refractivity contribution in [3.63, 3.8) is 0 Å². The van der Waals surface area contributed by atoms with Crippen LogP contribution in [0.25, 0.3) is 0 Å². The van der Waals surface area contributed by atoms with E-state index in [0.29, 0.717) is 5.54 Å². The van der Waals surface area contributed by atoms with Crippen LogP contribution < -0.4 is 5.32 Å². The van der Waals surface area contributed by atoms with E-state index in [4.69, 9.17) is 0 Å². The summed E-state index contributed by atoms with van der Waals surface area (Å²) in [5.74, 6) is 1.99. The van der Waals surface area contributed by atoms with Gasteiger partial charge in [-0.1, -0.05) is 39.5 Å². The monoisotopic (exact) mass is 266 g/mol. The van der Waals surface area contributed by atoms with Crippen LogP contribution in [0.1, 0.15) is 66.2 Å². The van der Waals surface area contributed by atoms with Crippen molar-refractivity contribution in [3.05, 3.63) is 0 Å². The molecule has 0 spiro atoms. The first-order valence-corrected chi connectivity index (χ1v) is 8.49. The molecule has 112 valence electrons. The third-order valence-electron chi connectivity index (χ3n) is 5.36. The second-order valence-corrected chi connectivity index (χ2v) is 7.71. The van der Waals surface area contributed by atoms with Crippen LogP contribution in [0.15, 0.2) is 0 Å². The Kier molecular flexibility index (Phi) is 5.30. The van der Waals surface area contributed by atoms with Crippen LogP contribution in [0, 0.1) is 11.8 Å². The van der Waals surface area contributed by atoms with Gasteiger partial charge in [0.2, 0.25) is 0 Å². The van der Waals surface area contributed by atoms with E-state index in [1.807, 2.05) is 0 Å². The molecule has 1 aliphatic heterocycles. The number of hydrogen-bond donors (Lipinski definition) is 1. The molecule has 2 rings (SSSR count). The SMILES string of the molecule is CCC1CNC(C)(C)CN1CCC1CCC(C)CC1. The summed E-state index contributed by atoms with van der Waals surface area (Å²) in [4.78, 5) is 2.76. The van der Waals surface area contributed by atoms with Gasteiger partial charge in [-0.25, -0.2) is 0 Å². The van der Waals surface area contributed by atoms with Crippen LogP contribution in [0.2, 0.25) is 0 Å². The molecule has 2 aliphatic rings. The van der Waals surface area contributed by atoms with E-state index in [9.17, 15) is 0 Å². The van der Waals surface area contributed by atoms with Crippen LogP contribution in [0.5, 0.6) is 0 Å². The summed E-state index contributed by atoms with van der Waals surface area (Å²) < 4.78 is 0. The Morgan fingerprint density at radius 2 is 1.84 bits per heavy atom. The van der Waals surface area contributed by atoms with Gasteiger partial charge in [-0.2, -0.15) is 0 Å². The maximum absolute atomic E-state index is 3.69. The fourth-order valence-electron chi connectivity index (χ4n) is 3.85. The minimum atomic E-state index is 0.298. The maximum Gasteiger partial charge on any atom is 0.0252 e. The van der Waals surface area contributed by atoms with E-state index >= 15 is 0 Å². The Labute approximate surface area is 120 Å². The van der Waals surface area contributed by atoms with Gasteiger partial charge < -0.3 is 5.32 Å². The number of nitrogens with one attached hydrogen (secondary N) is 1. The molecule has 1 N–H and O–H groups in total. The van der Waals surface area contributed by atoms with E-state index in [0.717, 1.165) is 17.9 Å². The molecule has 1 saturated heterocycles. The van der Waals surface area contributed by atoms with E-state index in [1.54, 1.807) is 0 Å². The molecule has 2 fully saturated rings. The second kappa shape index (κ2) is 6.58. The highest BCUT2D eigenvalue weighted by Crippen LogP contribution is 2.31. The Morgan fingerprint density at radius 1 is 1.16 bits per heavy atom. The van der Waals surface area contributed by atoms with Gasteiger partial charge in [0.05, 0.1) is 0 Å². The lowest BCUT2D eigenvalue weighted by atomic mass is 9.81. The smallest absolute Gasteiger partial charge is 0.0252 e. The Morgan fingerprint density at radius 3 is 2.47 bits per heavy atom. The van der Waals surface area contributed by atoms with Gasteiger partial charge in [-0.15, -0.1) is 0 Å². The zero-order valence-electron chi connectivity index (χ0n) is 13.5. The maximum atomic E-state index is 3.69. The van der Waals surface area contributed by atoms with E-state index in [1.165, 1.54) is 58.2 Å². The normalized spacial score (nSPS) is 36.3. The Hall–Kier alpha value is -0.0800. The quantitative estimate of drug-likeness (QED) is 0.835. The Bertz CT molecular complexity index is 266. The highest BCUT2D eigenvalue weighted by molar-refractivity contribution is 4.91. The zero-order chi connectivity index (χ0) is 13.9. The van der Waals surface area contributed by atoms with Gasteiger partial charge in [-0.3, -0.25) is 4.90 Å². The molecule has 2 nitrogen and oxygen atoms in total. The summed E-state index contributed by atoms with van der Waals surface area (Å²) in [7, 11) is 0. The van der Waals surface area contributed by atoms with Crippen molar-refractivity contribution in [1.29, 1.82) is 0 Å². The average molecular weight is 266 g/mol. The van der Waals surface area contributed by atoms with Crippen LogP contribution in [-0.2, 0) is 0 Å². The van der Waals surface area contributed by atoms with E-state index in [2.05, 4.69) is 37.9 Å². The van der Waals surface area contributed by atoms with E-state index < -0.39 is 0 Å². The third-order valence-corrected chi connectivity index (χ3v) is 5.36. The first kappa shape index (κ1) is 15.3. The van der Waals surface area contributed by atoms with Crippen molar-refractivity contribution < 1.29 is 0 Å². The molecule has 0 aromatic heterocycles. The van der Waals surface area contributed by atoms with Gasteiger partial charge >= 0.3 is 0 Å². The van der Waals surface area contributed by atoms with Crippen molar-refractivity contribution in [2.75, 3.05) is 19.6 Å². The third kappa shape index (κ3) is 4.46. The van der Waals surface area contributed by atoms with Crippen LogP contribution >= 0.6 is 0 Å². The van der Waals surface area contributed by atoms with Crippen molar-refractivity contribution in [3.8, 4) is 0 Å². The van der Waals surface area contributed by atoms with Gasteiger partial charge in [0.25, 0.3) is 0 Å². The molecular formula is C17H34N2. The summed E-state index contributed by atoms with van der Waals surface area (Å²) in [5, 5.41) is 3.69. The second-order valence-electron chi connectivity index (χ2n) is 7.71. The highest BCUT2D eigenvalue weighted by atomic mass is 15.2. The molecule has 1 saturated carbocycles. The van der Waals surface area contributed by atoms with Gasteiger partial charge in [-0.05, 0) is 45.1 Å². The van der Waals surface area contributed by atoms with Gasteiger partial charge in [0, 0.05) is 24.7 Å². The summed E-state index contributed by atoms with van der Waals surface area (Å²) in [6.45, 7) is 13.1. The topological polar surface area (TPSA) is 15.3 Å². The summed E-state index contributed by atoms with van der Waals surface area (Å²) in [6, 6.07) is 0.760. The lowest BCUT2D eigenvalue weighted by Crippen LogP contribution is -2.61. The molecule has 0 aromatic carbocycles. The summed E-state index contributed by atoms with van der Waals surface area (Å²) in [6.07, 6.45) is 8.61. The van der Waals surface area contributed by atoms with Crippen molar-refractivity contribution in [2.24, 2.45) is 11.8 Å². The molecule has 1 heterocycles. The van der Waals surface area contributed by atoms with Crippen molar-refractivity contribution >= 4 is 0 Å². The van der Waals surface area contributed by atoms with Gasteiger partial charge in [0.1, 0.15) is 0 Å². The molecule has 1 aliphatic carbocycles. The molecule has 0 aromatic rings. The minimum Gasteiger partial charge on any atom is -0.309 e. The predicted octanol–water partition coefficient (Wildman–Crippen LogP) is 3.67. The predicted molar refractivity (Wildman–Crippen MR) is 83.5 cm³/mol. The largest absolute Gasteiger partial charge is 0.309 e. The van der Waals surface area contributed by atoms with E-state index in [-0.39, 0.29) is 0 Å². The number of hydrogen-bond acceptors (Lipinski definition) is 2. The molecular weight excluding hydrogens is 232 g/mol. The number of rotatable bonds is 4. The molecule has 1 atom stereocenters. The Balaban J connectivity index is 1.79. The summed E-state index contributed by atoms with van der Waals surface area (Å²) in [5.41, 5.74) is 0.298. The fourth-order valence-corrected chi connectivity index (χ4v) is 3.85. The molecule has 2 heteroatoms. The highest BCUT2D eigenvalue weighted by Gasteiger charge is 2.31. The zero-order valence-corrected chi connectivity index (χ0v) is 13.5. The molecule has 0 amide bonds. The standard InChI is InChI=1S/C17H34N2/c1-5-16-12-18-17(3,4)13-19(16)11-10-15-8-6-14(2)7-9-15/h14-16,18H,5-13H2,1-4H3. The van der Waals surface area contributed by atoms with Crippen LogP contribution in [0.4, 0.5) is 0 Å². The first-order chi connectivity index (χ1) is 9.00. The molecule has 1 unspecified atom stereocenters. The van der Waals surface area contributed by atoms with Gasteiger partial charge in [0.15, 0.2) is 0 Å². The van der Waals surface area contributed by atoms with Crippen molar-refractivity contribution in [2.45, 2.75) is 77.8 Å². The number of piperazine rings is 1. The van der Waals surface area contributed by atoms with Crippen LogP contribution in [-0.4, -0.2) is 36.1 Å². The molecule has 0 radical (unpaired) electrons. The fraction of sp³-hybridized carbons (Fsp3) is 1.00. The molecule has 0 bridgehead atoms. The summed E-state index contributed by atoms with van der Waals surface area (Å²) >= 11 is 0. The minimum absolute atomic E-state index is 0.298. The first-order valence-electron chi connectivity index (χ1n) is 8.49. The lowest BCUT2D eigenvalue weighted by molar-refractivity contribution is 0.0830. The van der Waals surface area contributed by atoms with Crippen molar-refractivity contribution in [1.82, 2.24) is 10.2 Å². The average Bonchev–Trinajstić information content (AvgIpc) is 2.37. The lowest BCUT2D eigenvalue weighted by Gasteiger charge is -2.45.